The van der Waals surface area contributed by atoms with Gasteiger partial charge in [-0.25, -0.2) is 6.57 Å². The van der Waals surface area contributed by atoms with Crippen molar-refractivity contribution in [3.8, 4) is 46.6 Å². The van der Waals surface area contributed by atoms with Gasteiger partial charge in [-0.15, -0.1) is 0 Å². The molecule has 0 amide bonds. The van der Waals surface area contributed by atoms with E-state index in [1.807, 2.05) is 24.3 Å². The number of aromatic nitrogens is 2. The maximum atomic E-state index is 10.5. The summed E-state index contributed by atoms with van der Waals surface area (Å²) >= 11 is 19.2. The number of phenolic OH excluding ortho intramolecular Hbond substituents is 1. The number of nitrogens with zero attached hydrogens (tertiary/aromatic N) is 5. The number of hydrogen-bond donors (Lipinski definition) is 2. The average Bonchev–Trinajstić information content (AvgIpc) is 3.25. The van der Waals surface area contributed by atoms with E-state index >= 15 is 0 Å². The van der Waals surface area contributed by atoms with Gasteiger partial charge in [-0.1, -0.05) is 30.6 Å². The third kappa shape index (κ3) is 10.9. The van der Waals surface area contributed by atoms with E-state index in [1.165, 1.54) is 13.2 Å². The molecule has 1 atom stereocenters. The maximum Gasteiger partial charge on any atom is 0.298 e. The zero-order chi connectivity index (χ0) is 43.2. The van der Waals surface area contributed by atoms with Crippen LogP contribution in [0.5, 0.6) is 34.5 Å². The molecule has 0 bridgehead atoms. The fourth-order valence-electron chi connectivity index (χ4n) is 5.71. The Morgan fingerprint density at radius 1 is 0.883 bits per heavy atom. The summed E-state index contributed by atoms with van der Waals surface area (Å²) < 4.78 is 28.2. The van der Waals surface area contributed by atoms with E-state index in [4.69, 9.17) is 64.5 Å². The van der Waals surface area contributed by atoms with Gasteiger partial charge in [-0.3, -0.25) is 14.8 Å². The standard InChI is InChI=1S/C21H15BrClN3O3.C9H9BrO3.C9H6ClNO.C3H2N2.CH4/c1-27-16-7-10(6-14(22)20(16)28-2)17-12-8-15(23)11-4-3-5-26-18(11)19(12)29-21(25)13(17)9-24;1-12-8-4-6(5-11)3-7(10)9(8)13-2;10-7-3-4-8(12)9-6(7)2-1-5-11-9;1-5-3-2-4;/h3-8,17H,25H2,1-2H3;3-5H,1-2H3;1-5,12H;3H2;1H4. The lowest BCUT2D eigenvalue weighted by atomic mass is 9.83. The zero-order valence-electron chi connectivity index (χ0n) is 31.6. The quantitative estimate of drug-likeness (QED) is 0.0915. The number of rotatable bonds is 6. The molecule has 6 aromatic rings. The van der Waals surface area contributed by atoms with Crippen LogP contribution in [0.15, 0.2) is 99.5 Å². The van der Waals surface area contributed by atoms with Crippen LogP contribution >= 0.6 is 55.1 Å². The Morgan fingerprint density at radius 3 is 1.98 bits per heavy atom. The van der Waals surface area contributed by atoms with Gasteiger partial charge in [0.2, 0.25) is 5.88 Å². The lowest BCUT2D eigenvalue weighted by Crippen LogP contribution is -2.21. The molecule has 1 unspecified atom stereocenters. The number of allylic oxidation sites excluding steroid dienone is 1. The van der Waals surface area contributed by atoms with Gasteiger partial charge in [-0.2, -0.15) is 10.5 Å². The van der Waals surface area contributed by atoms with E-state index in [-0.39, 0.29) is 31.2 Å². The first-order chi connectivity index (χ1) is 28.4. The summed E-state index contributed by atoms with van der Waals surface area (Å²) in [6, 6.07) is 23.1. The van der Waals surface area contributed by atoms with Crippen molar-refractivity contribution in [1.82, 2.24) is 9.97 Å². The molecule has 1 aliphatic rings. The van der Waals surface area contributed by atoms with Gasteiger partial charge >= 0.3 is 0 Å². The average molecular weight is 980 g/mol. The van der Waals surface area contributed by atoms with E-state index in [2.05, 4.69) is 52.7 Å². The second-order valence-electron chi connectivity index (χ2n) is 11.6. The number of nitriles is 2. The lowest BCUT2D eigenvalue weighted by molar-refractivity contribution is 0.112. The number of ether oxygens (including phenoxy) is 5. The summed E-state index contributed by atoms with van der Waals surface area (Å²) in [5.74, 6) is 2.37. The molecule has 0 spiro atoms. The molecular weight excluding hydrogens is 943 g/mol. The van der Waals surface area contributed by atoms with Crippen molar-refractivity contribution < 1.29 is 33.6 Å². The smallest absolute Gasteiger partial charge is 0.298 e. The SMILES string of the molecule is C.COc1cc(C2C(C#N)=C(N)Oc3c2cc(Cl)c2cccnc32)cc(Br)c1OC.COc1cc(C=O)cc(Br)c1OC.Oc1ccc(Cl)c2cccnc12.[C-]#[N+]CC#N. The van der Waals surface area contributed by atoms with Gasteiger partial charge in [0, 0.05) is 34.3 Å². The van der Waals surface area contributed by atoms with Crippen molar-refractivity contribution in [2.45, 2.75) is 13.3 Å². The fraction of sp³-hybridized carbons (Fsp3) is 0.163. The number of aldehydes is 1. The highest BCUT2D eigenvalue weighted by atomic mass is 79.9. The van der Waals surface area contributed by atoms with E-state index in [0.717, 1.165) is 22.6 Å². The second-order valence-corrected chi connectivity index (χ2v) is 14.2. The maximum absolute atomic E-state index is 10.5. The van der Waals surface area contributed by atoms with Crippen LogP contribution in [0.1, 0.15) is 34.8 Å². The summed E-state index contributed by atoms with van der Waals surface area (Å²) in [5.41, 5.74) is 9.56. The molecule has 4 aromatic carbocycles. The molecule has 0 saturated carbocycles. The first kappa shape index (κ1) is 48.1. The Balaban J connectivity index is 0.000000256. The number of aromatic hydroxyl groups is 1. The number of hydrogen-bond acceptors (Lipinski definition) is 12. The summed E-state index contributed by atoms with van der Waals surface area (Å²) in [6.07, 6.45) is 4.04. The van der Waals surface area contributed by atoms with E-state index in [9.17, 15) is 15.2 Å². The van der Waals surface area contributed by atoms with E-state index < -0.39 is 5.92 Å². The Labute approximate surface area is 373 Å². The van der Waals surface area contributed by atoms with Gasteiger partial charge in [0.15, 0.2) is 28.7 Å². The number of pyridine rings is 2. The van der Waals surface area contributed by atoms with Crippen LogP contribution in [0.25, 0.3) is 26.7 Å². The first-order valence-electron chi connectivity index (χ1n) is 16.8. The van der Waals surface area contributed by atoms with Crippen LogP contribution in [0, 0.1) is 29.2 Å². The molecular formula is C43H36Br2Cl2N6O7. The summed E-state index contributed by atoms with van der Waals surface area (Å²) in [6.45, 7) is 5.99. The molecule has 13 nitrogen and oxygen atoms in total. The third-order valence-corrected chi connectivity index (χ3v) is 10.1. The van der Waals surface area contributed by atoms with Crippen LogP contribution < -0.4 is 29.4 Å². The highest BCUT2D eigenvalue weighted by Gasteiger charge is 2.34. The fourth-order valence-corrected chi connectivity index (χ4v) is 7.44. The Hall–Kier alpha value is -6.28. The normalized spacial score (nSPS) is 12.0. The third-order valence-electron chi connectivity index (χ3n) is 8.25. The molecule has 0 fully saturated rings. The minimum Gasteiger partial charge on any atom is -0.506 e. The molecule has 3 N–H and O–H groups in total. The van der Waals surface area contributed by atoms with Gasteiger partial charge < -0.3 is 39.4 Å². The molecule has 2 aromatic heterocycles. The molecule has 0 aliphatic carbocycles. The van der Waals surface area contributed by atoms with E-state index in [0.29, 0.717) is 69.9 Å². The number of halogens is 4. The summed E-state index contributed by atoms with van der Waals surface area (Å²) in [5, 5.41) is 29.4. The van der Waals surface area contributed by atoms with Crippen LogP contribution in [-0.2, 0) is 0 Å². The number of methoxy groups -OCH3 is 4. The molecule has 308 valence electrons. The topological polar surface area (TPSA) is 187 Å². The molecule has 7 rings (SSSR count). The highest BCUT2D eigenvalue weighted by Crippen LogP contribution is 2.49. The number of carbonyl (C=O) groups excluding carboxylic acids is 1. The van der Waals surface area contributed by atoms with Crippen molar-refractivity contribution >= 4 is 83.2 Å². The number of carbonyl (C=O) groups is 1. The molecule has 17 heteroatoms. The van der Waals surface area contributed by atoms with Gasteiger partial charge in [-0.05, 0) is 104 Å². The second kappa shape index (κ2) is 22.8. The lowest BCUT2D eigenvalue weighted by Gasteiger charge is -2.28. The number of phenols is 1. The molecule has 1 aliphatic heterocycles. The predicted octanol–water partition coefficient (Wildman–Crippen LogP) is 10.8. The zero-order valence-corrected chi connectivity index (χ0v) is 36.3. The molecule has 0 saturated heterocycles. The monoisotopic (exact) mass is 976 g/mol. The predicted molar refractivity (Wildman–Crippen MR) is 238 cm³/mol. The Morgan fingerprint density at radius 2 is 1.47 bits per heavy atom. The molecule has 60 heavy (non-hydrogen) atoms. The molecule has 0 radical (unpaired) electrons. The highest BCUT2D eigenvalue weighted by molar-refractivity contribution is 9.11. The van der Waals surface area contributed by atoms with Crippen LogP contribution in [0.2, 0.25) is 10.0 Å². The van der Waals surface area contributed by atoms with Crippen LogP contribution in [0.4, 0.5) is 0 Å². The Bertz CT molecular complexity index is 2630. The first-order valence-corrected chi connectivity index (χ1v) is 19.1. The number of fused-ring (bicyclic) bond motifs is 4. The van der Waals surface area contributed by atoms with Gasteiger partial charge in [0.05, 0.1) is 53.3 Å². The molecule has 3 heterocycles. The largest absolute Gasteiger partial charge is 0.506 e. The minimum atomic E-state index is -0.510. The Kier molecular flexibility index (Phi) is 18.2. The van der Waals surface area contributed by atoms with Crippen LogP contribution in [0.3, 0.4) is 0 Å². The van der Waals surface area contributed by atoms with Gasteiger partial charge in [0.1, 0.15) is 40.8 Å². The number of nitrogens with two attached hydrogens (primary N) is 1. The van der Waals surface area contributed by atoms with Gasteiger partial charge in [0.25, 0.3) is 6.54 Å². The summed E-state index contributed by atoms with van der Waals surface area (Å²) in [4.78, 5) is 21.7. The number of benzene rings is 4. The minimum absolute atomic E-state index is 0. The van der Waals surface area contributed by atoms with Crippen molar-refractivity contribution in [1.29, 1.82) is 10.5 Å². The van der Waals surface area contributed by atoms with Crippen LogP contribution in [-0.4, -0.2) is 56.3 Å². The summed E-state index contributed by atoms with van der Waals surface area (Å²) in [7, 11) is 6.18. The van der Waals surface area contributed by atoms with Crippen molar-refractivity contribution in [2.75, 3.05) is 35.0 Å². The van der Waals surface area contributed by atoms with Crippen molar-refractivity contribution in [3.63, 3.8) is 0 Å². The van der Waals surface area contributed by atoms with E-state index in [1.54, 1.807) is 76.2 Å². The van der Waals surface area contributed by atoms with Crippen molar-refractivity contribution in [2.24, 2.45) is 5.73 Å². The van der Waals surface area contributed by atoms with Crippen molar-refractivity contribution in [3.05, 3.63) is 138 Å².